The highest BCUT2D eigenvalue weighted by Crippen LogP contribution is 1.83. The van der Waals surface area contributed by atoms with Crippen LogP contribution in [0.2, 0.25) is 0 Å². The van der Waals surface area contributed by atoms with E-state index in [1.807, 2.05) is 6.92 Å². The van der Waals surface area contributed by atoms with Crippen molar-refractivity contribution in [2.45, 2.75) is 13.3 Å². The summed E-state index contributed by atoms with van der Waals surface area (Å²) in [6, 6.07) is 0. The van der Waals surface area contributed by atoms with Crippen LogP contribution in [0.5, 0.6) is 0 Å². The topological polar surface area (TPSA) is 52.3 Å². The summed E-state index contributed by atoms with van der Waals surface area (Å²) >= 11 is 0. The summed E-state index contributed by atoms with van der Waals surface area (Å²) in [6.07, 6.45) is 0.803. The minimum Gasteiger partial charge on any atom is -0.785 e. The van der Waals surface area contributed by atoms with Crippen LogP contribution in [0.15, 0.2) is 0 Å². The van der Waals surface area contributed by atoms with Crippen molar-refractivity contribution in [1.82, 2.24) is 5.06 Å². The Balaban J connectivity index is 2.86. The molecule has 0 fully saturated rings. The minimum absolute atomic E-state index is 0.569. The molecular formula is C5H13N2O-. The molecule has 0 aromatic carbocycles. The van der Waals surface area contributed by atoms with Crippen molar-refractivity contribution in [1.29, 1.82) is 0 Å². The van der Waals surface area contributed by atoms with E-state index in [9.17, 15) is 5.21 Å². The van der Waals surface area contributed by atoms with Crippen LogP contribution in [-0.2, 0) is 0 Å². The summed E-state index contributed by atoms with van der Waals surface area (Å²) in [5, 5.41) is 11.4. The molecule has 0 bridgehead atoms. The highest BCUT2D eigenvalue weighted by Gasteiger charge is 1.83. The van der Waals surface area contributed by atoms with Gasteiger partial charge in [-0.1, -0.05) is 6.92 Å². The fourth-order valence-electron chi connectivity index (χ4n) is 0.426. The van der Waals surface area contributed by atoms with Crippen molar-refractivity contribution in [2.24, 2.45) is 5.73 Å². The Labute approximate surface area is 50.0 Å². The van der Waals surface area contributed by atoms with Gasteiger partial charge in [-0.05, 0) is 26.1 Å². The van der Waals surface area contributed by atoms with E-state index < -0.39 is 0 Å². The van der Waals surface area contributed by atoms with Gasteiger partial charge >= 0.3 is 0 Å². The molecule has 0 aromatic heterocycles. The predicted octanol–water partition coefficient (Wildman–Crippen LogP) is 0.155. The molecular weight excluding hydrogens is 104 g/mol. The third-order valence-electron chi connectivity index (χ3n) is 0.964. The van der Waals surface area contributed by atoms with E-state index >= 15 is 0 Å². The lowest BCUT2D eigenvalue weighted by Gasteiger charge is -2.25. The van der Waals surface area contributed by atoms with Gasteiger partial charge in [-0.3, -0.25) is 0 Å². The molecule has 8 heavy (non-hydrogen) atoms. The molecule has 0 saturated heterocycles. The van der Waals surface area contributed by atoms with Gasteiger partial charge < -0.3 is 16.0 Å². The van der Waals surface area contributed by atoms with Gasteiger partial charge in [-0.25, -0.2) is 0 Å². The highest BCUT2D eigenvalue weighted by molar-refractivity contribution is 4.52. The maximum Gasteiger partial charge on any atom is -0.00654 e. The van der Waals surface area contributed by atoms with E-state index in [1.165, 1.54) is 0 Å². The average molecular weight is 117 g/mol. The molecule has 0 aliphatic rings. The van der Waals surface area contributed by atoms with Crippen LogP contribution >= 0.6 is 0 Å². The second-order valence-electron chi connectivity index (χ2n) is 1.66. The summed E-state index contributed by atoms with van der Waals surface area (Å²) < 4.78 is 0. The zero-order valence-corrected chi connectivity index (χ0v) is 5.26. The number of rotatable bonds is 4. The molecule has 0 aliphatic carbocycles. The van der Waals surface area contributed by atoms with Crippen LogP contribution in [0.25, 0.3) is 0 Å². The van der Waals surface area contributed by atoms with E-state index in [0.717, 1.165) is 11.5 Å². The van der Waals surface area contributed by atoms with E-state index in [1.54, 1.807) is 0 Å². The van der Waals surface area contributed by atoms with Gasteiger partial charge in [-0.2, -0.15) is 0 Å². The molecule has 0 atom stereocenters. The Kier molecular flexibility index (Phi) is 4.95. The minimum atomic E-state index is 0.569. The molecule has 0 rings (SSSR count). The fraction of sp³-hybridized carbons (Fsp3) is 1.00. The quantitative estimate of drug-likeness (QED) is 0.533. The molecule has 0 unspecified atom stereocenters. The monoisotopic (exact) mass is 117 g/mol. The first kappa shape index (κ1) is 7.88. The second kappa shape index (κ2) is 5.03. The molecule has 0 spiro atoms. The first-order chi connectivity index (χ1) is 3.81. The van der Waals surface area contributed by atoms with Gasteiger partial charge in [0.1, 0.15) is 0 Å². The van der Waals surface area contributed by atoms with Crippen LogP contribution < -0.4 is 5.73 Å². The van der Waals surface area contributed by atoms with Gasteiger partial charge in [0.2, 0.25) is 0 Å². The molecule has 0 amide bonds. The van der Waals surface area contributed by atoms with Crippen molar-refractivity contribution in [3.8, 4) is 0 Å². The lowest BCUT2D eigenvalue weighted by Crippen LogP contribution is -2.19. The smallest absolute Gasteiger partial charge is 0.00654 e. The van der Waals surface area contributed by atoms with E-state index in [4.69, 9.17) is 5.73 Å². The average Bonchev–Trinajstić information content (AvgIpc) is 1.83. The summed E-state index contributed by atoms with van der Waals surface area (Å²) in [6.45, 7) is 3.59. The molecule has 0 saturated carbocycles. The molecule has 0 aromatic rings. The van der Waals surface area contributed by atoms with Gasteiger partial charge in [0, 0.05) is 0 Å². The predicted molar refractivity (Wildman–Crippen MR) is 34.3 cm³/mol. The van der Waals surface area contributed by atoms with E-state index in [0.29, 0.717) is 19.6 Å². The Hall–Kier alpha value is -0.120. The zero-order chi connectivity index (χ0) is 6.41. The normalized spacial score (nSPS) is 10.5. The van der Waals surface area contributed by atoms with Crippen LogP contribution in [0.1, 0.15) is 13.3 Å². The lowest BCUT2D eigenvalue weighted by atomic mass is 10.4. The van der Waals surface area contributed by atoms with Gasteiger partial charge in [-0.15, -0.1) is 0 Å². The largest absolute Gasteiger partial charge is 0.785 e. The highest BCUT2D eigenvalue weighted by atomic mass is 16.5. The summed E-state index contributed by atoms with van der Waals surface area (Å²) in [5.74, 6) is 0. The van der Waals surface area contributed by atoms with E-state index in [-0.39, 0.29) is 0 Å². The summed E-state index contributed by atoms with van der Waals surface area (Å²) in [5.41, 5.74) is 5.17. The third kappa shape index (κ3) is 4.05. The molecule has 2 N–H and O–H groups in total. The first-order valence-electron chi connectivity index (χ1n) is 2.93. The second-order valence-corrected chi connectivity index (χ2v) is 1.66. The van der Waals surface area contributed by atoms with Crippen LogP contribution in [0, 0.1) is 5.21 Å². The third-order valence-corrected chi connectivity index (χ3v) is 0.964. The van der Waals surface area contributed by atoms with Crippen molar-refractivity contribution < 1.29 is 0 Å². The number of hydrogen-bond acceptors (Lipinski definition) is 3. The Bertz CT molecular complexity index is 49.7. The molecule has 0 radical (unpaired) electrons. The van der Waals surface area contributed by atoms with Crippen molar-refractivity contribution in [3.05, 3.63) is 5.21 Å². The van der Waals surface area contributed by atoms with Crippen LogP contribution in [-0.4, -0.2) is 24.7 Å². The van der Waals surface area contributed by atoms with E-state index in [2.05, 4.69) is 0 Å². The maximum absolute atomic E-state index is 10.4. The molecule has 3 heteroatoms. The Morgan fingerprint density at radius 1 is 1.62 bits per heavy atom. The molecule has 3 nitrogen and oxygen atoms in total. The molecule has 0 heterocycles. The summed E-state index contributed by atoms with van der Waals surface area (Å²) in [4.78, 5) is 0. The molecule has 50 valence electrons. The lowest BCUT2D eigenvalue weighted by molar-refractivity contribution is 0.393. The van der Waals surface area contributed by atoms with Crippen molar-refractivity contribution in [2.75, 3.05) is 19.6 Å². The van der Waals surface area contributed by atoms with Gasteiger partial charge in [0.05, 0.1) is 0 Å². The Morgan fingerprint density at radius 3 is 2.62 bits per heavy atom. The van der Waals surface area contributed by atoms with Crippen LogP contribution in [0.3, 0.4) is 0 Å². The molecule has 0 aliphatic heterocycles. The number of nitrogens with two attached hydrogens (primary N) is 1. The van der Waals surface area contributed by atoms with Gasteiger partial charge in [0.15, 0.2) is 0 Å². The van der Waals surface area contributed by atoms with Crippen molar-refractivity contribution in [3.63, 3.8) is 0 Å². The van der Waals surface area contributed by atoms with Crippen molar-refractivity contribution >= 4 is 0 Å². The van der Waals surface area contributed by atoms with Crippen LogP contribution in [0.4, 0.5) is 0 Å². The Morgan fingerprint density at radius 2 is 2.25 bits per heavy atom. The first-order valence-corrected chi connectivity index (χ1v) is 2.93. The standard InChI is InChI=1S/C5H13N2O/c1-2-7(8)5-3-4-6/h2-6H2,1H3/q-1. The number of hydroxylamine groups is 2. The SMILES string of the molecule is CCN([O-])CCCN. The zero-order valence-electron chi connectivity index (χ0n) is 5.26. The number of nitrogens with zero attached hydrogens (tertiary/aromatic N) is 1. The van der Waals surface area contributed by atoms with Gasteiger partial charge in [0.25, 0.3) is 0 Å². The number of hydrogen-bond donors (Lipinski definition) is 1. The summed E-state index contributed by atoms with van der Waals surface area (Å²) in [7, 11) is 0. The maximum atomic E-state index is 10.4. The fourth-order valence-corrected chi connectivity index (χ4v) is 0.426.